The summed E-state index contributed by atoms with van der Waals surface area (Å²) in [4.78, 5) is 11.2. The van der Waals surface area contributed by atoms with Gasteiger partial charge in [0.15, 0.2) is 6.29 Å². The Morgan fingerprint density at radius 3 is 2.89 bits per heavy atom. The van der Waals surface area contributed by atoms with Crippen molar-refractivity contribution in [2.24, 2.45) is 0 Å². The summed E-state index contributed by atoms with van der Waals surface area (Å²) >= 11 is 0. The number of carbonyl (C=O) groups is 1. The molecule has 4 rings (SSSR count). The number of aromatic nitrogens is 2. The van der Waals surface area contributed by atoms with Crippen LogP contribution in [0.25, 0.3) is 5.57 Å². The number of hydrogen-bond donors (Lipinski definition) is 1. The van der Waals surface area contributed by atoms with Gasteiger partial charge < -0.3 is 14.6 Å². The quantitative estimate of drug-likeness (QED) is 0.778. The van der Waals surface area contributed by atoms with Crippen LogP contribution in [0.2, 0.25) is 0 Å². The van der Waals surface area contributed by atoms with E-state index in [4.69, 9.17) is 9.47 Å². The summed E-state index contributed by atoms with van der Waals surface area (Å²) in [6, 6.07) is 7.35. The van der Waals surface area contributed by atoms with Gasteiger partial charge in [0.25, 0.3) is 0 Å². The Kier molecular flexibility index (Phi) is 6.29. The van der Waals surface area contributed by atoms with Crippen molar-refractivity contribution in [3.63, 3.8) is 0 Å². The van der Waals surface area contributed by atoms with Crippen molar-refractivity contribution in [1.29, 1.82) is 0 Å². The van der Waals surface area contributed by atoms with Gasteiger partial charge >= 0.3 is 0 Å². The topological polar surface area (TPSA) is 73.6 Å². The largest absolute Gasteiger partial charge is 0.507 e. The van der Waals surface area contributed by atoms with Crippen LogP contribution in [0.3, 0.4) is 0 Å². The summed E-state index contributed by atoms with van der Waals surface area (Å²) < 4.78 is 13.6. The van der Waals surface area contributed by atoms with Gasteiger partial charge in [0, 0.05) is 11.8 Å². The van der Waals surface area contributed by atoms with Crippen molar-refractivity contribution < 1.29 is 19.4 Å². The molecule has 0 amide bonds. The maximum atomic E-state index is 11.2. The fourth-order valence-electron chi connectivity index (χ4n) is 3.14. The van der Waals surface area contributed by atoms with Crippen molar-refractivity contribution in [3.8, 4) is 11.5 Å². The van der Waals surface area contributed by atoms with E-state index in [0.717, 1.165) is 23.3 Å². The highest BCUT2D eigenvalue weighted by Crippen LogP contribution is 2.38. The number of rotatable bonds is 6. The molecule has 2 aliphatic rings. The lowest BCUT2D eigenvalue weighted by atomic mass is 10.0. The van der Waals surface area contributed by atoms with E-state index in [1.807, 2.05) is 26.1 Å². The van der Waals surface area contributed by atoms with Crippen LogP contribution in [0.1, 0.15) is 55.2 Å². The minimum atomic E-state index is -0.0690. The molecule has 2 heterocycles. The van der Waals surface area contributed by atoms with Gasteiger partial charge in [-0.3, -0.25) is 9.48 Å². The van der Waals surface area contributed by atoms with Gasteiger partial charge in [-0.15, -0.1) is 0 Å². The monoisotopic (exact) mass is 370 g/mol. The summed E-state index contributed by atoms with van der Waals surface area (Å²) in [5.74, 6) is 0.324. The van der Waals surface area contributed by atoms with E-state index in [1.165, 1.54) is 18.9 Å². The molecule has 1 N–H and O–H groups in total. The van der Waals surface area contributed by atoms with Crippen molar-refractivity contribution in [2.45, 2.75) is 39.2 Å². The average molecular weight is 370 g/mol. The maximum absolute atomic E-state index is 11.2. The third kappa shape index (κ3) is 4.22. The molecule has 1 saturated carbocycles. The molecule has 1 aliphatic carbocycles. The molecule has 144 valence electrons. The van der Waals surface area contributed by atoms with Crippen molar-refractivity contribution in [2.75, 3.05) is 19.8 Å². The minimum absolute atomic E-state index is 0.0690. The van der Waals surface area contributed by atoms with Crippen molar-refractivity contribution in [1.82, 2.24) is 9.78 Å². The number of hydrogen-bond acceptors (Lipinski definition) is 5. The van der Waals surface area contributed by atoms with Crippen molar-refractivity contribution >= 4 is 11.9 Å². The normalized spacial score (nSPS) is 16.5. The Balaban J connectivity index is 0.00000102. The molecule has 0 saturated heterocycles. The zero-order valence-corrected chi connectivity index (χ0v) is 15.9. The Morgan fingerprint density at radius 1 is 1.33 bits per heavy atom. The fourth-order valence-corrected chi connectivity index (χ4v) is 3.14. The smallest absolute Gasteiger partial charge is 0.157 e. The standard InChI is InChI=1S/C19H20N2O4.C2H6/c22-10-15-18(23)2-1-3-19(15)25-11-13-7-9-24-12-16(13)17-6-8-20-21(17)14-4-5-14;1-2/h1-3,6,8,10,14,23H,4-5,7,9,11-12H2;1-2H3. The summed E-state index contributed by atoms with van der Waals surface area (Å²) in [6.45, 7) is 5.55. The maximum Gasteiger partial charge on any atom is 0.157 e. The van der Waals surface area contributed by atoms with Gasteiger partial charge in [0.1, 0.15) is 18.1 Å². The summed E-state index contributed by atoms with van der Waals surface area (Å²) in [5, 5.41) is 14.2. The molecule has 6 heteroatoms. The lowest BCUT2D eigenvalue weighted by molar-refractivity contribution is 0.111. The Morgan fingerprint density at radius 2 is 2.15 bits per heavy atom. The Labute approximate surface area is 159 Å². The first-order valence-corrected chi connectivity index (χ1v) is 9.50. The summed E-state index contributed by atoms with van der Waals surface area (Å²) in [6.07, 6.45) is 5.56. The van der Waals surface area contributed by atoms with Crippen LogP contribution in [0, 0.1) is 0 Å². The number of phenolic OH excluding ortho intramolecular Hbond substituents is 1. The van der Waals surface area contributed by atoms with Crippen LogP contribution in [-0.4, -0.2) is 41.0 Å². The van der Waals surface area contributed by atoms with Gasteiger partial charge in [-0.1, -0.05) is 19.9 Å². The molecular formula is C21H26N2O4. The SMILES string of the molecule is CC.O=Cc1c(O)cccc1OCC1=C(c2ccnn2C2CC2)COCC1. The highest BCUT2D eigenvalue weighted by atomic mass is 16.5. The molecule has 0 unspecified atom stereocenters. The van der Waals surface area contributed by atoms with E-state index in [2.05, 4.69) is 9.78 Å². The summed E-state index contributed by atoms with van der Waals surface area (Å²) in [5.41, 5.74) is 3.53. The number of nitrogens with zero attached hydrogens (tertiary/aromatic N) is 2. The average Bonchev–Trinajstić information content (AvgIpc) is 3.45. The van der Waals surface area contributed by atoms with Gasteiger partial charge in [0.05, 0.1) is 30.5 Å². The first kappa shape index (κ1) is 19.2. The molecule has 2 aromatic rings. The first-order valence-electron chi connectivity index (χ1n) is 9.50. The Hall–Kier alpha value is -2.60. The predicted octanol–water partition coefficient (Wildman–Crippen LogP) is 4.02. The second-order valence-corrected chi connectivity index (χ2v) is 6.37. The second-order valence-electron chi connectivity index (χ2n) is 6.37. The minimum Gasteiger partial charge on any atom is -0.507 e. The highest BCUT2D eigenvalue weighted by Gasteiger charge is 2.28. The number of aldehydes is 1. The molecule has 0 radical (unpaired) electrons. The predicted molar refractivity (Wildman–Crippen MR) is 103 cm³/mol. The van der Waals surface area contributed by atoms with E-state index in [-0.39, 0.29) is 11.3 Å². The van der Waals surface area contributed by atoms with Crippen LogP contribution >= 0.6 is 0 Å². The molecule has 1 fully saturated rings. The molecular weight excluding hydrogens is 344 g/mol. The highest BCUT2D eigenvalue weighted by molar-refractivity contribution is 5.83. The van der Waals surface area contributed by atoms with Crippen LogP contribution < -0.4 is 4.74 Å². The van der Waals surface area contributed by atoms with Gasteiger partial charge in [-0.25, -0.2) is 0 Å². The number of carbonyl (C=O) groups excluding carboxylic acids is 1. The number of benzene rings is 1. The lowest BCUT2D eigenvalue weighted by Crippen LogP contribution is -2.17. The zero-order valence-electron chi connectivity index (χ0n) is 15.9. The molecule has 6 nitrogen and oxygen atoms in total. The van der Waals surface area contributed by atoms with E-state index >= 15 is 0 Å². The number of phenols is 1. The molecule has 0 spiro atoms. The Bertz CT molecular complexity index is 821. The second kappa shape index (κ2) is 8.86. The number of ether oxygens (including phenoxy) is 2. The van der Waals surface area contributed by atoms with Gasteiger partial charge in [0.2, 0.25) is 0 Å². The summed E-state index contributed by atoms with van der Waals surface area (Å²) in [7, 11) is 0. The molecule has 0 bridgehead atoms. The molecule has 1 aromatic carbocycles. The lowest BCUT2D eigenvalue weighted by Gasteiger charge is -2.22. The number of aromatic hydroxyl groups is 1. The van der Waals surface area contributed by atoms with Crippen LogP contribution in [0.5, 0.6) is 11.5 Å². The van der Waals surface area contributed by atoms with Crippen LogP contribution in [-0.2, 0) is 4.74 Å². The van der Waals surface area contributed by atoms with Crippen LogP contribution in [0.15, 0.2) is 36.0 Å². The first-order chi connectivity index (χ1) is 13.3. The molecule has 0 atom stereocenters. The van der Waals surface area contributed by atoms with E-state index < -0.39 is 0 Å². The van der Waals surface area contributed by atoms with E-state index in [9.17, 15) is 9.90 Å². The molecule has 1 aromatic heterocycles. The molecule has 1 aliphatic heterocycles. The third-order valence-electron chi connectivity index (χ3n) is 4.66. The van der Waals surface area contributed by atoms with Crippen LogP contribution in [0.4, 0.5) is 0 Å². The fraction of sp³-hybridized carbons (Fsp3) is 0.429. The third-order valence-corrected chi connectivity index (χ3v) is 4.66. The van der Waals surface area contributed by atoms with E-state index in [0.29, 0.717) is 37.9 Å². The van der Waals surface area contributed by atoms with Gasteiger partial charge in [-0.2, -0.15) is 5.10 Å². The van der Waals surface area contributed by atoms with E-state index in [1.54, 1.807) is 12.1 Å². The molecule has 27 heavy (non-hydrogen) atoms. The van der Waals surface area contributed by atoms with Gasteiger partial charge in [-0.05, 0) is 43.0 Å². The zero-order chi connectivity index (χ0) is 19.2. The van der Waals surface area contributed by atoms with Crippen molar-refractivity contribution in [3.05, 3.63) is 47.3 Å².